The third-order valence-corrected chi connectivity index (χ3v) is 5.91. The van der Waals surface area contributed by atoms with Gasteiger partial charge in [0.05, 0.1) is 23.7 Å². The summed E-state index contributed by atoms with van der Waals surface area (Å²) in [6, 6.07) is 11.4. The van der Waals surface area contributed by atoms with Gasteiger partial charge in [0, 0.05) is 32.4 Å². The lowest BCUT2D eigenvalue weighted by molar-refractivity contribution is -0.124. The first kappa shape index (κ1) is 24.6. The molecule has 1 aromatic carbocycles. The van der Waals surface area contributed by atoms with E-state index in [9.17, 15) is 4.79 Å². The SMILES string of the molecule is C=CC(=O)N(C)C/C=C/c1ccc2ncnc(Nc3ccc(Oc4cnc5c(c4)ncn5C)c(C)c3)c2n1. The van der Waals surface area contributed by atoms with Crippen molar-refractivity contribution in [3.63, 3.8) is 0 Å². The molecule has 0 bridgehead atoms. The molecule has 0 aliphatic heterocycles. The maximum absolute atomic E-state index is 11.7. The van der Waals surface area contributed by atoms with Gasteiger partial charge in [-0.3, -0.25) is 4.79 Å². The van der Waals surface area contributed by atoms with Crippen molar-refractivity contribution in [1.82, 2.24) is 34.4 Å². The number of carbonyl (C=O) groups excluding carboxylic acids is 1. The van der Waals surface area contributed by atoms with Crippen LogP contribution in [-0.4, -0.2) is 53.9 Å². The Morgan fingerprint density at radius 2 is 2.00 bits per heavy atom. The Labute approximate surface area is 219 Å². The van der Waals surface area contributed by atoms with Crippen molar-refractivity contribution >= 4 is 45.7 Å². The van der Waals surface area contributed by atoms with E-state index in [4.69, 9.17) is 9.72 Å². The van der Waals surface area contributed by atoms with Crippen LogP contribution in [-0.2, 0) is 11.8 Å². The number of ether oxygens (including phenoxy) is 1. The van der Waals surface area contributed by atoms with Gasteiger partial charge in [0.25, 0.3) is 0 Å². The van der Waals surface area contributed by atoms with Gasteiger partial charge in [-0.1, -0.05) is 12.7 Å². The Kier molecular flexibility index (Phi) is 6.77. The number of fused-ring (bicyclic) bond motifs is 2. The number of amides is 1. The van der Waals surface area contributed by atoms with Gasteiger partial charge in [0.15, 0.2) is 11.5 Å². The number of benzene rings is 1. The molecule has 5 aromatic rings. The van der Waals surface area contributed by atoms with Gasteiger partial charge in [-0.25, -0.2) is 24.9 Å². The zero-order valence-corrected chi connectivity index (χ0v) is 21.3. The number of nitrogens with one attached hydrogen (secondary N) is 1. The summed E-state index contributed by atoms with van der Waals surface area (Å²) in [6.07, 6.45) is 9.93. The summed E-state index contributed by atoms with van der Waals surface area (Å²) in [7, 11) is 3.62. The van der Waals surface area contributed by atoms with E-state index in [-0.39, 0.29) is 5.91 Å². The number of likely N-dealkylation sites (N-methyl/N-ethyl adjacent to an activating group) is 1. The minimum absolute atomic E-state index is 0.140. The monoisotopic (exact) mass is 506 g/mol. The minimum Gasteiger partial charge on any atom is -0.455 e. The summed E-state index contributed by atoms with van der Waals surface area (Å²) in [5.74, 6) is 1.78. The summed E-state index contributed by atoms with van der Waals surface area (Å²) in [6.45, 7) is 5.92. The predicted octanol–water partition coefficient (Wildman–Crippen LogP) is 4.81. The number of rotatable bonds is 8. The topological polar surface area (TPSA) is 111 Å². The summed E-state index contributed by atoms with van der Waals surface area (Å²) >= 11 is 0. The van der Waals surface area contributed by atoms with Crippen molar-refractivity contribution < 1.29 is 9.53 Å². The fraction of sp³-hybridized carbons (Fsp3) is 0.143. The number of aromatic nitrogens is 6. The first-order valence-electron chi connectivity index (χ1n) is 11.9. The Morgan fingerprint density at radius 3 is 2.82 bits per heavy atom. The third kappa shape index (κ3) is 5.19. The van der Waals surface area contributed by atoms with E-state index >= 15 is 0 Å². The van der Waals surface area contributed by atoms with Gasteiger partial charge < -0.3 is 19.5 Å². The molecule has 38 heavy (non-hydrogen) atoms. The fourth-order valence-corrected chi connectivity index (χ4v) is 3.88. The molecule has 0 radical (unpaired) electrons. The summed E-state index contributed by atoms with van der Waals surface area (Å²) in [5.41, 5.74) is 5.42. The standard InChI is InChI=1S/C28H26N8O2/c1-5-25(37)35(3)12-6-7-19-8-10-22-26(33-19)27(31-16-30-22)34-20-9-11-24(18(2)13-20)38-21-14-23-28(29-15-21)36(4)17-32-23/h5-11,13-17H,1,12H2,2-4H3,(H,30,31,34)/b7-6+. The van der Waals surface area contributed by atoms with Gasteiger partial charge in [0.1, 0.15) is 28.9 Å². The van der Waals surface area contributed by atoms with Crippen LogP contribution in [0.5, 0.6) is 11.5 Å². The van der Waals surface area contributed by atoms with Crippen molar-refractivity contribution in [3.8, 4) is 11.5 Å². The molecule has 0 atom stereocenters. The number of aryl methyl sites for hydroxylation is 2. The molecule has 1 amide bonds. The maximum Gasteiger partial charge on any atom is 0.245 e. The van der Waals surface area contributed by atoms with E-state index in [0.29, 0.717) is 34.9 Å². The molecule has 1 N–H and O–H groups in total. The van der Waals surface area contributed by atoms with Crippen molar-refractivity contribution in [2.45, 2.75) is 6.92 Å². The van der Waals surface area contributed by atoms with Crippen LogP contribution < -0.4 is 10.1 Å². The van der Waals surface area contributed by atoms with Crippen LogP contribution in [0.1, 0.15) is 11.3 Å². The molecule has 4 heterocycles. The molecular formula is C28H26N8O2. The van der Waals surface area contributed by atoms with Gasteiger partial charge >= 0.3 is 0 Å². The van der Waals surface area contributed by atoms with Gasteiger partial charge in [-0.15, -0.1) is 0 Å². The number of carbonyl (C=O) groups is 1. The summed E-state index contributed by atoms with van der Waals surface area (Å²) in [5, 5.41) is 3.35. The van der Waals surface area contributed by atoms with E-state index in [2.05, 4.69) is 31.8 Å². The zero-order chi connectivity index (χ0) is 26.6. The van der Waals surface area contributed by atoms with Crippen LogP contribution in [0.2, 0.25) is 0 Å². The van der Waals surface area contributed by atoms with E-state index in [1.807, 2.05) is 67.1 Å². The third-order valence-electron chi connectivity index (χ3n) is 5.91. The molecule has 190 valence electrons. The lowest BCUT2D eigenvalue weighted by Gasteiger charge is -2.12. The quantitative estimate of drug-likeness (QED) is 0.299. The Balaban J connectivity index is 1.34. The average molecular weight is 507 g/mol. The van der Waals surface area contributed by atoms with Crippen LogP contribution in [0.25, 0.3) is 28.3 Å². The van der Waals surface area contributed by atoms with Crippen molar-refractivity contribution in [2.24, 2.45) is 7.05 Å². The van der Waals surface area contributed by atoms with Gasteiger partial charge in [-0.2, -0.15) is 0 Å². The largest absolute Gasteiger partial charge is 0.455 e. The summed E-state index contributed by atoms with van der Waals surface area (Å²) < 4.78 is 7.94. The van der Waals surface area contributed by atoms with E-state index < -0.39 is 0 Å². The smallest absolute Gasteiger partial charge is 0.245 e. The van der Waals surface area contributed by atoms with E-state index in [0.717, 1.165) is 28.1 Å². The first-order chi connectivity index (χ1) is 18.4. The molecule has 0 unspecified atom stereocenters. The van der Waals surface area contributed by atoms with Gasteiger partial charge in [-0.05, 0) is 55.0 Å². The minimum atomic E-state index is -0.140. The Morgan fingerprint density at radius 1 is 1.13 bits per heavy atom. The number of hydrogen-bond acceptors (Lipinski definition) is 8. The van der Waals surface area contributed by atoms with Crippen LogP contribution >= 0.6 is 0 Å². The van der Waals surface area contributed by atoms with Crippen LogP contribution in [0.3, 0.4) is 0 Å². The van der Waals surface area contributed by atoms with E-state index in [1.165, 1.54) is 12.4 Å². The van der Waals surface area contributed by atoms with Crippen molar-refractivity contribution in [1.29, 1.82) is 0 Å². The highest BCUT2D eigenvalue weighted by Crippen LogP contribution is 2.30. The Hall–Kier alpha value is -5.12. The second kappa shape index (κ2) is 10.5. The van der Waals surface area contributed by atoms with Crippen LogP contribution in [0.15, 0.2) is 74.0 Å². The summed E-state index contributed by atoms with van der Waals surface area (Å²) in [4.78, 5) is 35.4. The molecule has 0 aliphatic carbocycles. The molecule has 0 saturated heterocycles. The second-order valence-electron chi connectivity index (χ2n) is 8.73. The van der Waals surface area contributed by atoms with Crippen LogP contribution in [0, 0.1) is 6.92 Å². The lowest BCUT2D eigenvalue weighted by atomic mass is 10.2. The molecule has 4 aromatic heterocycles. The normalized spacial score (nSPS) is 11.2. The highest BCUT2D eigenvalue weighted by atomic mass is 16.5. The van der Waals surface area contributed by atoms with E-state index in [1.54, 1.807) is 24.5 Å². The number of imidazole rings is 1. The highest BCUT2D eigenvalue weighted by molar-refractivity contribution is 5.88. The number of anilines is 2. The molecular weight excluding hydrogens is 480 g/mol. The molecule has 5 rings (SSSR count). The molecule has 0 spiro atoms. The van der Waals surface area contributed by atoms with Crippen molar-refractivity contribution in [3.05, 3.63) is 85.2 Å². The molecule has 10 heteroatoms. The second-order valence-corrected chi connectivity index (χ2v) is 8.73. The van der Waals surface area contributed by atoms with Crippen molar-refractivity contribution in [2.75, 3.05) is 18.9 Å². The molecule has 0 fully saturated rings. The molecule has 0 saturated carbocycles. The number of pyridine rings is 2. The molecule has 10 nitrogen and oxygen atoms in total. The van der Waals surface area contributed by atoms with Gasteiger partial charge in [0.2, 0.25) is 5.91 Å². The highest BCUT2D eigenvalue weighted by Gasteiger charge is 2.10. The zero-order valence-electron chi connectivity index (χ0n) is 21.3. The Bertz CT molecular complexity index is 1690. The average Bonchev–Trinajstić information content (AvgIpc) is 3.29. The first-order valence-corrected chi connectivity index (χ1v) is 11.9. The molecule has 0 aliphatic rings. The predicted molar refractivity (Wildman–Crippen MR) is 147 cm³/mol. The number of hydrogen-bond donors (Lipinski definition) is 1. The maximum atomic E-state index is 11.7. The number of nitrogens with zero attached hydrogens (tertiary/aromatic N) is 7. The van der Waals surface area contributed by atoms with Crippen LogP contribution in [0.4, 0.5) is 11.5 Å². The fourth-order valence-electron chi connectivity index (χ4n) is 3.88. The lowest BCUT2D eigenvalue weighted by Crippen LogP contribution is -2.24.